The van der Waals surface area contributed by atoms with Gasteiger partial charge < -0.3 is 0 Å². The van der Waals surface area contributed by atoms with Gasteiger partial charge in [-0.15, -0.1) is 11.3 Å². The highest BCUT2D eigenvalue weighted by atomic mass is 32.1. The number of carbonyl (C=O) groups is 2. The van der Waals surface area contributed by atoms with E-state index in [-0.39, 0.29) is 16.6 Å². The zero-order valence-electron chi connectivity index (χ0n) is 9.31. The van der Waals surface area contributed by atoms with Crippen molar-refractivity contribution in [2.24, 2.45) is 0 Å². The molecule has 0 aromatic carbocycles. The lowest BCUT2D eigenvalue weighted by Gasteiger charge is -2.24. The summed E-state index contributed by atoms with van der Waals surface area (Å²) in [4.78, 5) is 25.7. The molecule has 0 aliphatic carbocycles. The number of hydrogen-bond donors (Lipinski definition) is 1. The molecule has 1 saturated heterocycles. The van der Waals surface area contributed by atoms with E-state index in [0.717, 1.165) is 10.4 Å². The highest BCUT2D eigenvalue weighted by Gasteiger charge is 2.30. The van der Waals surface area contributed by atoms with Gasteiger partial charge in [0.1, 0.15) is 5.57 Å². The molecule has 1 fully saturated rings. The predicted octanol–water partition coefficient (Wildman–Crippen LogP) is 1.31. The number of thiophene rings is 1. The van der Waals surface area contributed by atoms with Crippen LogP contribution in [0.1, 0.15) is 10.4 Å². The summed E-state index contributed by atoms with van der Waals surface area (Å²) in [6, 6.07) is 1.94. The van der Waals surface area contributed by atoms with Gasteiger partial charge in [0.25, 0.3) is 11.8 Å². The molecule has 0 saturated carbocycles. The Balaban J connectivity index is 2.41. The maximum Gasteiger partial charge on any atom is 0.265 e. The van der Waals surface area contributed by atoms with E-state index in [1.807, 2.05) is 18.4 Å². The van der Waals surface area contributed by atoms with E-state index >= 15 is 0 Å². The summed E-state index contributed by atoms with van der Waals surface area (Å²) < 4.78 is 0. The molecule has 1 aromatic heterocycles. The van der Waals surface area contributed by atoms with Crippen molar-refractivity contribution in [2.45, 2.75) is 6.92 Å². The first-order valence-corrected chi connectivity index (χ1v) is 6.18. The molecule has 0 atom stereocenters. The molecule has 88 valence electrons. The van der Waals surface area contributed by atoms with Crippen LogP contribution in [0.15, 0.2) is 17.0 Å². The molecule has 1 N–H and O–H groups in total. The Hall–Kier alpha value is -1.53. The van der Waals surface area contributed by atoms with Gasteiger partial charge in [0.2, 0.25) is 0 Å². The molecular weight excluding hydrogens is 256 g/mol. The van der Waals surface area contributed by atoms with Gasteiger partial charge in [-0.2, -0.15) is 0 Å². The fourth-order valence-corrected chi connectivity index (χ4v) is 2.44. The maximum atomic E-state index is 11.9. The van der Waals surface area contributed by atoms with Gasteiger partial charge >= 0.3 is 0 Å². The molecular formula is C11H10N2O2S2. The lowest BCUT2D eigenvalue weighted by molar-refractivity contribution is -0.128. The number of rotatable bonds is 1. The van der Waals surface area contributed by atoms with Gasteiger partial charge in [-0.05, 0) is 42.2 Å². The first-order valence-electron chi connectivity index (χ1n) is 4.90. The lowest BCUT2D eigenvalue weighted by atomic mass is 10.1. The maximum absolute atomic E-state index is 11.9. The van der Waals surface area contributed by atoms with Gasteiger partial charge in [0.05, 0.1) is 0 Å². The van der Waals surface area contributed by atoms with E-state index in [9.17, 15) is 9.59 Å². The zero-order valence-corrected chi connectivity index (χ0v) is 10.9. The van der Waals surface area contributed by atoms with E-state index in [1.165, 1.54) is 16.2 Å². The van der Waals surface area contributed by atoms with Crippen LogP contribution in [0, 0.1) is 6.92 Å². The molecule has 1 aromatic rings. The van der Waals surface area contributed by atoms with Crippen LogP contribution in [0.2, 0.25) is 0 Å². The molecule has 0 radical (unpaired) electrons. The lowest BCUT2D eigenvalue weighted by Crippen LogP contribution is -2.52. The SMILES string of the molecule is Cc1ccsc1/C=C1\C(=O)NC(=S)N(C)C1=O. The molecule has 4 nitrogen and oxygen atoms in total. The summed E-state index contributed by atoms with van der Waals surface area (Å²) in [5.74, 6) is -0.808. The highest BCUT2D eigenvalue weighted by molar-refractivity contribution is 7.80. The fraction of sp³-hybridized carbons (Fsp3) is 0.182. The number of carbonyl (C=O) groups excluding carboxylic acids is 2. The van der Waals surface area contributed by atoms with Crippen molar-refractivity contribution in [1.82, 2.24) is 10.2 Å². The molecule has 17 heavy (non-hydrogen) atoms. The van der Waals surface area contributed by atoms with Gasteiger partial charge in [-0.3, -0.25) is 19.8 Å². The summed E-state index contributed by atoms with van der Waals surface area (Å²) in [6.07, 6.45) is 1.61. The van der Waals surface area contributed by atoms with Crippen LogP contribution in [-0.2, 0) is 9.59 Å². The van der Waals surface area contributed by atoms with Crippen LogP contribution in [-0.4, -0.2) is 28.9 Å². The van der Waals surface area contributed by atoms with Gasteiger partial charge in [0, 0.05) is 11.9 Å². The van der Waals surface area contributed by atoms with Crippen molar-refractivity contribution in [1.29, 1.82) is 0 Å². The summed E-state index contributed by atoms with van der Waals surface area (Å²) in [6.45, 7) is 1.93. The summed E-state index contributed by atoms with van der Waals surface area (Å²) in [5, 5.41) is 4.53. The standard InChI is InChI=1S/C11H10N2O2S2/c1-6-3-4-17-8(6)5-7-9(14)12-11(16)13(2)10(7)15/h3-5H,1-2H3,(H,12,14,16)/b7-5+. The Bertz CT molecular complexity index is 545. The van der Waals surface area contributed by atoms with Crippen LogP contribution < -0.4 is 5.32 Å². The monoisotopic (exact) mass is 266 g/mol. The Morgan fingerprint density at radius 2 is 2.18 bits per heavy atom. The van der Waals surface area contributed by atoms with Gasteiger partial charge in [-0.25, -0.2) is 0 Å². The molecule has 6 heteroatoms. The number of amides is 2. The molecule has 0 bridgehead atoms. The second-order valence-electron chi connectivity index (χ2n) is 3.65. The third kappa shape index (κ3) is 2.13. The topological polar surface area (TPSA) is 49.4 Å². The third-order valence-corrected chi connectivity index (χ3v) is 3.82. The molecule has 0 unspecified atom stereocenters. The average molecular weight is 266 g/mol. The van der Waals surface area contributed by atoms with Crippen molar-refractivity contribution in [3.63, 3.8) is 0 Å². The van der Waals surface area contributed by atoms with E-state index in [4.69, 9.17) is 12.2 Å². The molecule has 2 amide bonds. The number of aryl methyl sites for hydroxylation is 1. The van der Waals surface area contributed by atoms with Crippen molar-refractivity contribution < 1.29 is 9.59 Å². The molecule has 1 aliphatic heterocycles. The Labute approximate surface area is 108 Å². The molecule has 2 rings (SSSR count). The average Bonchev–Trinajstić information content (AvgIpc) is 2.67. The van der Waals surface area contributed by atoms with Crippen molar-refractivity contribution in [3.8, 4) is 0 Å². The van der Waals surface area contributed by atoms with Crippen molar-refractivity contribution >= 4 is 46.6 Å². The first-order chi connectivity index (χ1) is 8.00. The highest BCUT2D eigenvalue weighted by Crippen LogP contribution is 2.21. The zero-order chi connectivity index (χ0) is 12.6. The van der Waals surface area contributed by atoms with E-state index in [1.54, 1.807) is 13.1 Å². The minimum absolute atomic E-state index is 0.117. The second-order valence-corrected chi connectivity index (χ2v) is 4.98. The van der Waals surface area contributed by atoms with Crippen molar-refractivity contribution in [2.75, 3.05) is 7.05 Å². The number of likely N-dealkylation sites (N-methyl/N-ethyl adjacent to an activating group) is 1. The third-order valence-electron chi connectivity index (χ3n) is 2.48. The summed E-state index contributed by atoms with van der Waals surface area (Å²) in [7, 11) is 1.54. The quantitative estimate of drug-likeness (QED) is 0.474. The minimum Gasteiger partial charge on any atom is -0.298 e. The van der Waals surface area contributed by atoms with E-state index in [2.05, 4.69) is 5.32 Å². The number of nitrogens with zero attached hydrogens (tertiary/aromatic N) is 1. The van der Waals surface area contributed by atoms with Crippen LogP contribution >= 0.6 is 23.6 Å². The number of nitrogens with one attached hydrogen (secondary N) is 1. The largest absolute Gasteiger partial charge is 0.298 e. The Morgan fingerprint density at radius 3 is 2.76 bits per heavy atom. The predicted molar refractivity (Wildman–Crippen MR) is 70.5 cm³/mol. The second kappa shape index (κ2) is 4.38. The molecule has 0 spiro atoms. The van der Waals surface area contributed by atoms with Gasteiger partial charge in [0.15, 0.2) is 5.11 Å². The van der Waals surface area contributed by atoms with Crippen LogP contribution in [0.4, 0.5) is 0 Å². The summed E-state index contributed by atoms with van der Waals surface area (Å²) in [5.41, 5.74) is 1.16. The van der Waals surface area contributed by atoms with E-state index < -0.39 is 5.91 Å². The Morgan fingerprint density at radius 1 is 1.47 bits per heavy atom. The fourth-order valence-electron chi connectivity index (χ4n) is 1.41. The van der Waals surface area contributed by atoms with Crippen LogP contribution in [0.25, 0.3) is 6.08 Å². The van der Waals surface area contributed by atoms with Crippen molar-refractivity contribution in [3.05, 3.63) is 27.5 Å². The summed E-state index contributed by atoms with van der Waals surface area (Å²) >= 11 is 6.35. The normalized spacial score (nSPS) is 18.8. The van der Waals surface area contributed by atoms with Gasteiger partial charge in [-0.1, -0.05) is 0 Å². The number of hydrogen-bond acceptors (Lipinski definition) is 4. The first kappa shape index (κ1) is 11.9. The Kier molecular flexibility index (Phi) is 3.08. The van der Waals surface area contributed by atoms with E-state index in [0.29, 0.717) is 0 Å². The molecule has 1 aliphatic rings. The minimum atomic E-state index is -0.439. The number of thiocarbonyl (C=S) groups is 1. The van der Waals surface area contributed by atoms with Crippen LogP contribution in [0.5, 0.6) is 0 Å². The molecule has 2 heterocycles. The smallest absolute Gasteiger partial charge is 0.265 e. The van der Waals surface area contributed by atoms with Crippen LogP contribution in [0.3, 0.4) is 0 Å².